The molecule has 1 fully saturated rings. The smallest absolute Gasteiger partial charge is 0.447 e. The minimum absolute atomic E-state index is 0.0950. The number of benzene rings is 1. The van der Waals surface area contributed by atoms with Gasteiger partial charge in [0.05, 0.1) is 17.7 Å². The van der Waals surface area contributed by atoms with Crippen molar-refractivity contribution in [2.75, 3.05) is 13.2 Å². The van der Waals surface area contributed by atoms with Gasteiger partial charge in [0.2, 0.25) is 5.89 Å². The second-order valence-electron chi connectivity index (χ2n) is 8.17. The quantitative estimate of drug-likeness (QED) is 0.347. The van der Waals surface area contributed by atoms with Gasteiger partial charge in [0, 0.05) is 17.3 Å². The molecule has 0 saturated heterocycles. The molecule has 0 bridgehead atoms. The number of halogens is 6. The second-order valence-corrected chi connectivity index (χ2v) is 8.17. The van der Waals surface area contributed by atoms with Gasteiger partial charge in [-0.3, -0.25) is 9.53 Å². The molecule has 14 heteroatoms. The Morgan fingerprint density at radius 1 is 1.00 bits per heavy atom. The number of fused-ring (bicyclic) bond motifs is 1. The van der Waals surface area contributed by atoms with E-state index in [0.29, 0.717) is 31.6 Å². The Balaban J connectivity index is 1.27. The minimum atomic E-state index is -4.75. The van der Waals surface area contributed by atoms with Crippen LogP contribution >= 0.6 is 0 Å². The van der Waals surface area contributed by atoms with Crippen LogP contribution in [-0.4, -0.2) is 46.7 Å². The van der Waals surface area contributed by atoms with Crippen molar-refractivity contribution < 1.29 is 45.0 Å². The third-order valence-corrected chi connectivity index (χ3v) is 5.66. The summed E-state index contributed by atoms with van der Waals surface area (Å²) in [6.45, 7) is -1.13. The Morgan fingerprint density at radius 2 is 1.75 bits per heavy atom. The zero-order chi connectivity index (χ0) is 25.9. The number of rotatable bonds is 7. The van der Waals surface area contributed by atoms with Crippen molar-refractivity contribution in [3.8, 4) is 6.08 Å². The van der Waals surface area contributed by atoms with Crippen LogP contribution in [0, 0.1) is 0 Å². The number of amides is 1. The van der Waals surface area contributed by atoms with Crippen LogP contribution in [0.15, 0.2) is 34.7 Å². The monoisotopic (exact) mass is 518 g/mol. The van der Waals surface area contributed by atoms with Crippen molar-refractivity contribution in [1.29, 1.82) is 0 Å². The molecule has 0 radical (unpaired) electrons. The molecule has 1 aromatic carbocycles. The standard InChI is InChI=1S/C22H20F6N4O4/c23-21(24,25)14-4-8-16-13(11-14)3-7-17(30-16)18(33)29-15-5-1-12(2-6-15)19-31-32-20(36-19)34-9-10-35-22(26,27)28/h3-4,7-8,11-12,15H,1-2,5-6,9-10H2,(H,29,33). The molecular weight excluding hydrogens is 498 g/mol. The van der Waals surface area contributed by atoms with E-state index in [0.717, 1.165) is 12.1 Å². The van der Waals surface area contributed by atoms with Crippen LogP contribution in [0.5, 0.6) is 6.08 Å². The number of aromatic nitrogens is 3. The van der Waals surface area contributed by atoms with Crippen molar-refractivity contribution in [1.82, 2.24) is 20.5 Å². The highest BCUT2D eigenvalue weighted by Crippen LogP contribution is 2.34. The largest absolute Gasteiger partial charge is 0.522 e. The lowest BCUT2D eigenvalue weighted by Gasteiger charge is -2.27. The van der Waals surface area contributed by atoms with Crippen molar-refractivity contribution in [2.24, 2.45) is 0 Å². The summed E-state index contributed by atoms with van der Waals surface area (Å²) < 4.78 is 88.4. The molecule has 0 atom stereocenters. The van der Waals surface area contributed by atoms with E-state index in [1.807, 2.05) is 0 Å². The molecule has 0 unspecified atom stereocenters. The molecule has 1 saturated carbocycles. The minimum Gasteiger partial charge on any atom is -0.447 e. The first-order valence-corrected chi connectivity index (χ1v) is 10.9. The Morgan fingerprint density at radius 3 is 2.44 bits per heavy atom. The van der Waals surface area contributed by atoms with Crippen LogP contribution in [0.4, 0.5) is 26.3 Å². The molecule has 4 rings (SSSR count). The highest BCUT2D eigenvalue weighted by molar-refractivity contribution is 5.95. The van der Waals surface area contributed by atoms with Crippen LogP contribution in [-0.2, 0) is 10.9 Å². The Kier molecular flexibility index (Phi) is 7.33. The van der Waals surface area contributed by atoms with Gasteiger partial charge >= 0.3 is 18.6 Å². The van der Waals surface area contributed by atoms with Gasteiger partial charge in [-0.25, -0.2) is 4.98 Å². The summed E-state index contributed by atoms with van der Waals surface area (Å²) in [5, 5.41) is 10.7. The van der Waals surface area contributed by atoms with E-state index in [1.54, 1.807) is 0 Å². The van der Waals surface area contributed by atoms with Crippen molar-refractivity contribution in [3.05, 3.63) is 47.5 Å². The predicted molar refractivity (Wildman–Crippen MR) is 111 cm³/mol. The third-order valence-electron chi connectivity index (χ3n) is 5.66. The fourth-order valence-corrected chi connectivity index (χ4v) is 3.90. The van der Waals surface area contributed by atoms with Gasteiger partial charge in [-0.2, -0.15) is 13.2 Å². The first-order valence-electron chi connectivity index (χ1n) is 10.9. The second kappa shape index (κ2) is 10.3. The topological polar surface area (TPSA) is 99.4 Å². The van der Waals surface area contributed by atoms with Gasteiger partial charge in [-0.15, -0.1) is 18.3 Å². The van der Waals surface area contributed by atoms with E-state index in [4.69, 9.17) is 9.15 Å². The normalized spacial score (nSPS) is 18.8. The van der Waals surface area contributed by atoms with Crippen molar-refractivity contribution >= 4 is 16.8 Å². The molecule has 3 aromatic rings. The Bertz CT molecular complexity index is 1210. The van der Waals surface area contributed by atoms with Crippen molar-refractivity contribution in [3.63, 3.8) is 0 Å². The molecular formula is C22H20F6N4O4. The molecule has 0 spiro atoms. The summed E-state index contributed by atoms with van der Waals surface area (Å²) in [4.78, 5) is 16.8. The van der Waals surface area contributed by atoms with Crippen LogP contribution in [0.25, 0.3) is 10.9 Å². The summed E-state index contributed by atoms with van der Waals surface area (Å²) in [5.74, 6) is -0.244. The van der Waals surface area contributed by atoms with Crippen LogP contribution in [0.3, 0.4) is 0 Å². The average molecular weight is 518 g/mol. The number of nitrogens with zero attached hydrogens (tertiary/aromatic N) is 3. The van der Waals surface area contributed by atoms with Crippen LogP contribution in [0.1, 0.15) is 53.5 Å². The Hall–Kier alpha value is -3.42. The van der Waals surface area contributed by atoms with Gasteiger partial charge in [0.15, 0.2) is 0 Å². The zero-order valence-electron chi connectivity index (χ0n) is 18.5. The number of hydrogen-bond acceptors (Lipinski definition) is 7. The van der Waals surface area contributed by atoms with Gasteiger partial charge < -0.3 is 14.5 Å². The fourth-order valence-electron chi connectivity index (χ4n) is 3.90. The molecule has 36 heavy (non-hydrogen) atoms. The number of pyridine rings is 1. The lowest BCUT2D eigenvalue weighted by Crippen LogP contribution is -2.37. The summed E-state index contributed by atoms with van der Waals surface area (Å²) in [5.41, 5.74) is -0.419. The van der Waals surface area contributed by atoms with Crippen LogP contribution < -0.4 is 10.1 Å². The molecule has 1 aliphatic carbocycles. The SMILES string of the molecule is O=C(NC1CCC(c2nnc(OCCOC(F)(F)F)o2)CC1)c1ccc2cc(C(F)(F)F)ccc2n1. The van der Waals surface area contributed by atoms with E-state index in [1.165, 1.54) is 18.2 Å². The fraction of sp³-hybridized carbons (Fsp3) is 0.455. The average Bonchev–Trinajstić information content (AvgIpc) is 3.29. The molecule has 2 heterocycles. The van der Waals surface area contributed by atoms with Gasteiger partial charge in [-0.1, -0.05) is 11.2 Å². The highest BCUT2D eigenvalue weighted by Gasteiger charge is 2.31. The number of nitrogens with one attached hydrogen (secondary N) is 1. The number of alkyl halides is 6. The summed E-state index contributed by atoms with van der Waals surface area (Å²) in [6, 6.07) is 5.78. The molecule has 1 N–H and O–H groups in total. The molecule has 8 nitrogen and oxygen atoms in total. The number of hydrogen-bond donors (Lipinski definition) is 1. The molecule has 0 aliphatic heterocycles. The van der Waals surface area contributed by atoms with Crippen molar-refractivity contribution in [2.45, 2.75) is 50.2 Å². The predicted octanol–water partition coefficient (Wildman–Crippen LogP) is 5.01. The summed E-state index contributed by atoms with van der Waals surface area (Å²) >= 11 is 0. The molecule has 194 valence electrons. The maximum atomic E-state index is 12.9. The summed E-state index contributed by atoms with van der Waals surface area (Å²) in [6.07, 6.45) is -7.07. The van der Waals surface area contributed by atoms with E-state index in [9.17, 15) is 31.1 Å². The van der Waals surface area contributed by atoms with Gasteiger partial charge in [0.1, 0.15) is 12.3 Å². The first-order chi connectivity index (χ1) is 17.0. The van der Waals surface area contributed by atoms with E-state index < -0.39 is 37.2 Å². The first kappa shape index (κ1) is 25.7. The number of carbonyl (C=O) groups is 1. The van der Waals surface area contributed by atoms with Gasteiger partial charge in [-0.05, 0) is 49.9 Å². The maximum absolute atomic E-state index is 12.9. The number of ether oxygens (including phenoxy) is 2. The number of carbonyl (C=O) groups excluding carboxylic acids is 1. The zero-order valence-corrected chi connectivity index (χ0v) is 18.5. The molecule has 1 amide bonds. The van der Waals surface area contributed by atoms with Gasteiger partial charge in [0.25, 0.3) is 5.91 Å². The molecule has 1 aliphatic rings. The lowest BCUT2D eigenvalue weighted by atomic mass is 9.86. The Labute approximate surface area is 200 Å². The summed E-state index contributed by atoms with van der Waals surface area (Å²) in [7, 11) is 0. The van der Waals surface area contributed by atoms with Crippen LogP contribution in [0.2, 0.25) is 0 Å². The van der Waals surface area contributed by atoms with E-state index in [2.05, 4.69) is 25.2 Å². The lowest BCUT2D eigenvalue weighted by molar-refractivity contribution is -0.325. The third kappa shape index (κ3) is 6.62. The highest BCUT2D eigenvalue weighted by atomic mass is 19.4. The molecule has 2 aromatic heterocycles. The van der Waals surface area contributed by atoms with E-state index in [-0.39, 0.29) is 34.6 Å². The maximum Gasteiger partial charge on any atom is 0.522 e. The van der Waals surface area contributed by atoms with E-state index >= 15 is 0 Å².